The molecule has 0 aromatic heterocycles. The molecule has 3 aliphatic rings. The van der Waals surface area contributed by atoms with Crippen LogP contribution >= 0.6 is 11.8 Å². The number of nitrogens with two attached hydrogens (primary N) is 1. The van der Waals surface area contributed by atoms with Crippen molar-refractivity contribution in [1.29, 1.82) is 0 Å². The van der Waals surface area contributed by atoms with Crippen molar-refractivity contribution in [3.8, 4) is 0 Å². The van der Waals surface area contributed by atoms with E-state index >= 15 is 0 Å². The van der Waals surface area contributed by atoms with Gasteiger partial charge in [0, 0.05) is 31.8 Å². The van der Waals surface area contributed by atoms with Crippen LogP contribution in [0.4, 0.5) is 4.79 Å². The number of nitrogens with one attached hydrogen (secondary N) is 1. The topological polar surface area (TPSA) is 153 Å². The Kier molecular flexibility index (Phi) is 13.1. The van der Waals surface area contributed by atoms with Crippen LogP contribution in [0, 0.1) is 5.92 Å². The van der Waals surface area contributed by atoms with Gasteiger partial charge in [-0.3, -0.25) is 9.59 Å². The number of allylic oxidation sites excluding steroid dienone is 2. The number of nitrogens with zero attached hydrogens (tertiary/aromatic N) is 1. The van der Waals surface area contributed by atoms with Gasteiger partial charge in [0.1, 0.15) is 23.9 Å². The predicted molar refractivity (Wildman–Crippen MR) is 165 cm³/mol. The van der Waals surface area contributed by atoms with Crippen molar-refractivity contribution >= 4 is 29.7 Å². The molecule has 0 aromatic rings. The molecule has 11 nitrogen and oxygen atoms in total. The number of primary amides is 1. The molecule has 12 heteroatoms. The van der Waals surface area contributed by atoms with Gasteiger partial charge in [0.25, 0.3) is 0 Å². The highest BCUT2D eigenvalue weighted by Crippen LogP contribution is 2.43. The Morgan fingerprint density at radius 2 is 1.98 bits per heavy atom. The molecule has 0 bridgehead atoms. The molecule has 4 N–H and O–H groups in total. The minimum absolute atomic E-state index is 0.0100. The number of aliphatic hydroxyl groups is 1. The molecule has 3 fully saturated rings. The van der Waals surface area contributed by atoms with Crippen LogP contribution in [-0.2, 0) is 28.5 Å². The maximum atomic E-state index is 12.6. The van der Waals surface area contributed by atoms with Gasteiger partial charge in [0.05, 0.1) is 37.4 Å². The van der Waals surface area contributed by atoms with E-state index < -0.39 is 35.9 Å². The van der Waals surface area contributed by atoms with E-state index in [1.165, 1.54) is 11.0 Å². The van der Waals surface area contributed by atoms with E-state index in [1.54, 1.807) is 31.8 Å². The van der Waals surface area contributed by atoms with Crippen molar-refractivity contribution < 1.29 is 38.4 Å². The normalized spacial score (nSPS) is 33.5. The van der Waals surface area contributed by atoms with Crippen LogP contribution in [0.25, 0.3) is 0 Å². The maximum absolute atomic E-state index is 12.6. The summed E-state index contributed by atoms with van der Waals surface area (Å²) in [6, 6.07) is -0.140. The average molecular weight is 624 g/mol. The van der Waals surface area contributed by atoms with Crippen molar-refractivity contribution in [2.45, 2.75) is 102 Å². The Balaban J connectivity index is 1.45. The molecule has 9 atom stereocenters. The molecule has 3 aliphatic heterocycles. The van der Waals surface area contributed by atoms with E-state index in [-0.39, 0.29) is 42.6 Å². The molecule has 3 saturated heterocycles. The van der Waals surface area contributed by atoms with Gasteiger partial charge in [-0.15, -0.1) is 0 Å². The van der Waals surface area contributed by atoms with Crippen molar-refractivity contribution in [3.63, 3.8) is 0 Å². The number of epoxide rings is 1. The van der Waals surface area contributed by atoms with Gasteiger partial charge in [-0.2, -0.15) is 11.8 Å². The number of ether oxygens (including phenoxy) is 4. The molecule has 0 aliphatic carbocycles. The van der Waals surface area contributed by atoms with E-state index in [0.717, 1.165) is 17.7 Å². The van der Waals surface area contributed by atoms with Crippen LogP contribution in [-0.4, -0.2) is 108 Å². The third-order valence-electron chi connectivity index (χ3n) is 8.23. The fourth-order valence-electron chi connectivity index (χ4n) is 5.42. The molecular weight excluding hydrogens is 574 g/mol. The standard InChI is InChI=1S/C31H49N3O8S/c1-19(8-11-26-29(37)31(18-39-31)17-23(42-26)16-27(32)35)7-10-25-20(2)15-24(22(4)41-25)33-28(36)12-9-21(3)40-30(38)34(5)13-14-43-6/h7-9,11-12,20-26,29,37H,10,13-18H2,1-6H3,(H2,32,35)(H,33,36)/b11-8+,12-9-,19-7+/t20-,21-,22+,23+,24+,25-,26+,29+,31+/m0/s1. The number of thioether (sulfide) groups is 1. The van der Waals surface area contributed by atoms with Crippen LogP contribution in [0.15, 0.2) is 36.0 Å². The molecule has 0 unspecified atom stereocenters. The molecule has 3 heterocycles. The average Bonchev–Trinajstić information content (AvgIpc) is 3.72. The summed E-state index contributed by atoms with van der Waals surface area (Å²) in [4.78, 5) is 37.6. The first kappa shape index (κ1) is 35.1. The van der Waals surface area contributed by atoms with Crippen molar-refractivity contribution in [2.24, 2.45) is 11.7 Å². The minimum atomic E-state index is -0.806. The molecular formula is C31H49N3O8S. The first-order chi connectivity index (χ1) is 20.3. The lowest BCUT2D eigenvalue weighted by atomic mass is 9.87. The zero-order valence-electron chi connectivity index (χ0n) is 26.2. The number of hydrogen-bond acceptors (Lipinski definition) is 9. The molecule has 0 saturated carbocycles. The summed E-state index contributed by atoms with van der Waals surface area (Å²) in [5.74, 6) is 0.336. The number of hydrogen-bond donors (Lipinski definition) is 3. The van der Waals surface area contributed by atoms with E-state index in [2.05, 4.69) is 18.3 Å². The summed E-state index contributed by atoms with van der Waals surface area (Å²) in [5.41, 5.74) is 5.70. The van der Waals surface area contributed by atoms with Crippen molar-refractivity contribution in [1.82, 2.24) is 10.2 Å². The summed E-state index contributed by atoms with van der Waals surface area (Å²) < 4.78 is 23.1. The number of amides is 3. The maximum Gasteiger partial charge on any atom is 0.410 e. The van der Waals surface area contributed by atoms with E-state index in [4.69, 9.17) is 24.7 Å². The zero-order valence-corrected chi connectivity index (χ0v) is 27.0. The van der Waals surface area contributed by atoms with E-state index in [9.17, 15) is 19.5 Å². The second-order valence-corrected chi connectivity index (χ2v) is 13.0. The van der Waals surface area contributed by atoms with Crippen LogP contribution in [0.1, 0.15) is 53.4 Å². The number of carbonyl (C=O) groups excluding carboxylic acids is 3. The van der Waals surface area contributed by atoms with Gasteiger partial charge >= 0.3 is 6.09 Å². The highest BCUT2D eigenvalue weighted by atomic mass is 32.2. The highest BCUT2D eigenvalue weighted by molar-refractivity contribution is 7.98. The number of aliphatic hydroxyl groups excluding tert-OH is 1. The van der Waals surface area contributed by atoms with E-state index in [0.29, 0.717) is 26.0 Å². The first-order valence-electron chi connectivity index (χ1n) is 15.0. The Morgan fingerprint density at radius 3 is 2.63 bits per heavy atom. The van der Waals surface area contributed by atoms with Gasteiger partial charge in [0.15, 0.2) is 0 Å². The van der Waals surface area contributed by atoms with Crippen LogP contribution < -0.4 is 11.1 Å². The summed E-state index contributed by atoms with van der Waals surface area (Å²) in [7, 11) is 1.69. The zero-order chi connectivity index (χ0) is 31.7. The monoisotopic (exact) mass is 623 g/mol. The van der Waals surface area contributed by atoms with Gasteiger partial charge in [-0.1, -0.05) is 30.7 Å². The molecule has 3 amide bonds. The molecule has 1 spiro atoms. The molecule has 242 valence electrons. The second kappa shape index (κ2) is 16.1. The molecule has 0 aromatic carbocycles. The lowest BCUT2D eigenvalue weighted by molar-refractivity contribution is -0.143. The fourth-order valence-corrected chi connectivity index (χ4v) is 5.87. The van der Waals surface area contributed by atoms with Gasteiger partial charge < -0.3 is 40.0 Å². The lowest BCUT2D eigenvalue weighted by Gasteiger charge is -2.39. The second-order valence-electron chi connectivity index (χ2n) is 12.0. The highest BCUT2D eigenvalue weighted by Gasteiger charge is 2.58. The van der Waals surface area contributed by atoms with Gasteiger partial charge in [-0.05, 0) is 51.9 Å². The third kappa shape index (κ3) is 10.6. The van der Waals surface area contributed by atoms with Crippen LogP contribution in [0.5, 0.6) is 0 Å². The fraction of sp³-hybridized carbons (Fsp3) is 0.710. The van der Waals surface area contributed by atoms with Crippen molar-refractivity contribution in [2.75, 3.05) is 32.2 Å². The first-order valence-corrected chi connectivity index (χ1v) is 16.4. The molecule has 0 radical (unpaired) electrons. The summed E-state index contributed by atoms with van der Waals surface area (Å²) in [5, 5.41) is 13.8. The third-order valence-corrected chi connectivity index (χ3v) is 8.82. The quantitative estimate of drug-likeness (QED) is 0.160. The Hall–Kier alpha value is -2.38. The van der Waals surface area contributed by atoms with Crippen molar-refractivity contribution in [3.05, 3.63) is 36.0 Å². The van der Waals surface area contributed by atoms with Gasteiger partial charge in [0.2, 0.25) is 11.8 Å². The lowest BCUT2D eigenvalue weighted by Crippen LogP contribution is -2.50. The number of rotatable bonds is 13. The SMILES string of the molecule is CSCCN(C)C(=O)O[C@@H](C)/C=C\C(=O)N[C@@H]1C[C@H](C)[C@H](C/C=C(C)/C=C/[C@H]2O[C@H](CC(N)=O)C[C@@]3(CO3)[C@@H]2O)O[C@@H]1C. The number of carbonyl (C=O) groups is 3. The molecule has 43 heavy (non-hydrogen) atoms. The Bertz CT molecular complexity index is 1060. The Labute approximate surface area is 259 Å². The van der Waals surface area contributed by atoms with Gasteiger partial charge in [-0.25, -0.2) is 4.79 Å². The smallest absolute Gasteiger partial charge is 0.410 e. The minimum Gasteiger partial charge on any atom is -0.442 e. The predicted octanol–water partition coefficient (Wildman–Crippen LogP) is 2.72. The van der Waals surface area contributed by atoms with Crippen LogP contribution in [0.3, 0.4) is 0 Å². The van der Waals surface area contributed by atoms with Crippen LogP contribution in [0.2, 0.25) is 0 Å². The summed E-state index contributed by atoms with van der Waals surface area (Å²) in [6.45, 7) is 8.81. The molecule has 3 rings (SSSR count). The summed E-state index contributed by atoms with van der Waals surface area (Å²) in [6.07, 6.45) is 9.86. The van der Waals surface area contributed by atoms with E-state index in [1.807, 2.05) is 32.3 Å². The Morgan fingerprint density at radius 1 is 1.26 bits per heavy atom. The summed E-state index contributed by atoms with van der Waals surface area (Å²) >= 11 is 1.65. The largest absolute Gasteiger partial charge is 0.442 e.